The largest absolute Gasteiger partial charge is 0.325 e. The van der Waals surface area contributed by atoms with E-state index < -0.39 is 10.2 Å². The van der Waals surface area contributed by atoms with Crippen molar-refractivity contribution in [3.63, 3.8) is 0 Å². The van der Waals surface area contributed by atoms with Crippen LogP contribution in [0.25, 0.3) is 0 Å². The van der Waals surface area contributed by atoms with Crippen molar-refractivity contribution in [1.82, 2.24) is 8.61 Å². The van der Waals surface area contributed by atoms with E-state index in [1.165, 1.54) is 4.31 Å². The minimum Gasteiger partial charge on any atom is -0.325 e. The molecule has 2 atom stereocenters. The van der Waals surface area contributed by atoms with Crippen molar-refractivity contribution >= 4 is 10.2 Å². The van der Waals surface area contributed by atoms with Crippen LogP contribution in [0.4, 0.5) is 0 Å². The molecule has 2 saturated heterocycles. The van der Waals surface area contributed by atoms with Gasteiger partial charge in [-0.2, -0.15) is 17.0 Å². The Balaban J connectivity index is 2.05. The highest BCUT2D eigenvalue weighted by Crippen LogP contribution is 2.26. The van der Waals surface area contributed by atoms with Crippen molar-refractivity contribution in [2.45, 2.75) is 26.3 Å². The van der Waals surface area contributed by atoms with Crippen molar-refractivity contribution in [2.24, 2.45) is 17.6 Å². The molecule has 94 valence electrons. The number of rotatable bonds is 2. The van der Waals surface area contributed by atoms with Gasteiger partial charge in [-0.25, -0.2) is 0 Å². The maximum absolute atomic E-state index is 12.2. The third-order valence-corrected chi connectivity index (χ3v) is 5.27. The van der Waals surface area contributed by atoms with Gasteiger partial charge in [-0.1, -0.05) is 13.8 Å². The maximum Gasteiger partial charge on any atom is 0.282 e. The van der Waals surface area contributed by atoms with Crippen LogP contribution in [0.15, 0.2) is 0 Å². The van der Waals surface area contributed by atoms with Gasteiger partial charge in [-0.15, -0.1) is 0 Å². The first-order valence-electron chi connectivity index (χ1n) is 5.90. The lowest BCUT2D eigenvalue weighted by atomic mass is 9.94. The zero-order valence-corrected chi connectivity index (χ0v) is 10.8. The standard InChI is InChI=1S/C10H21N3O2S/c1-8-3-9(2)5-12(4-8)16(14,15)13-6-10(11)7-13/h8-10H,3-7,11H2,1-2H3. The topological polar surface area (TPSA) is 66.6 Å². The molecule has 2 aliphatic heterocycles. The average Bonchev–Trinajstić information content (AvgIpc) is 2.11. The molecule has 2 heterocycles. The molecule has 16 heavy (non-hydrogen) atoms. The van der Waals surface area contributed by atoms with Crippen LogP contribution in [0.3, 0.4) is 0 Å². The second-order valence-corrected chi connectivity index (χ2v) is 7.28. The van der Waals surface area contributed by atoms with Crippen molar-refractivity contribution in [3.05, 3.63) is 0 Å². The molecular formula is C10H21N3O2S. The predicted molar refractivity (Wildman–Crippen MR) is 63.0 cm³/mol. The van der Waals surface area contributed by atoms with Crippen LogP contribution >= 0.6 is 0 Å². The summed E-state index contributed by atoms with van der Waals surface area (Å²) in [5, 5.41) is 0. The second kappa shape index (κ2) is 4.25. The maximum atomic E-state index is 12.2. The van der Waals surface area contributed by atoms with Gasteiger partial charge in [0.1, 0.15) is 0 Å². The van der Waals surface area contributed by atoms with E-state index in [1.54, 1.807) is 4.31 Å². The molecule has 0 radical (unpaired) electrons. The summed E-state index contributed by atoms with van der Waals surface area (Å²) >= 11 is 0. The van der Waals surface area contributed by atoms with Crippen LogP contribution < -0.4 is 5.73 Å². The Kier molecular flexibility index (Phi) is 3.27. The molecule has 2 N–H and O–H groups in total. The van der Waals surface area contributed by atoms with E-state index in [2.05, 4.69) is 13.8 Å². The summed E-state index contributed by atoms with van der Waals surface area (Å²) < 4.78 is 27.5. The fourth-order valence-corrected chi connectivity index (χ4v) is 4.59. The van der Waals surface area contributed by atoms with E-state index >= 15 is 0 Å². The van der Waals surface area contributed by atoms with Gasteiger partial charge in [0.05, 0.1) is 0 Å². The van der Waals surface area contributed by atoms with Crippen molar-refractivity contribution < 1.29 is 8.42 Å². The second-order valence-electron chi connectivity index (χ2n) is 5.35. The summed E-state index contributed by atoms with van der Waals surface area (Å²) in [6.07, 6.45) is 1.12. The molecule has 0 aromatic rings. The van der Waals surface area contributed by atoms with E-state index in [4.69, 9.17) is 5.73 Å². The van der Waals surface area contributed by atoms with E-state index in [9.17, 15) is 8.42 Å². The molecular weight excluding hydrogens is 226 g/mol. The normalized spacial score (nSPS) is 34.9. The minimum absolute atomic E-state index is 0.0226. The van der Waals surface area contributed by atoms with Crippen molar-refractivity contribution in [1.29, 1.82) is 0 Å². The third kappa shape index (κ3) is 2.25. The van der Waals surface area contributed by atoms with Crippen LogP contribution in [-0.4, -0.2) is 49.2 Å². The first kappa shape index (κ1) is 12.3. The number of hydrogen-bond acceptors (Lipinski definition) is 3. The number of hydrogen-bond donors (Lipinski definition) is 1. The lowest BCUT2D eigenvalue weighted by molar-refractivity contribution is 0.187. The highest BCUT2D eigenvalue weighted by molar-refractivity contribution is 7.86. The Labute approximate surface area is 97.8 Å². The zero-order chi connectivity index (χ0) is 11.9. The third-order valence-electron chi connectivity index (χ3n) is 3.36. The molecule has 0 aromatic heterocycles. The molecule has 2 fully saturated rings. The predicted octanol–water partition coefficient (Wildman–Crippen LogP) is -0.148. The molecule has 0 aliphatic carbocycles. The Morgan fingerprint density at radius 3 is 1.88 bits per heavy atom. The highest BCUT2D eigenvalue weighted by atomic mass is 32.2. The number of nitrogens with two attached hydrogens (primary N) is 1. The molecule has 2 unspecified atom stereocenters. The van der Waals surface area contributed by atoms with Gasteiger partial charge in [-0.3, -0.25) is 0 Å². The van der Waals surface area contributed by atoms with Gasteiger partial charge in [0.15, 0.2) is 0 Å². The smallest absolute Gasteiger partial charge is 0.282 e. The molecule has 0 bridgehead atoms. The van der Waals surface area contributed by atoms with E-state index in [0.717, 1.165) is 6.42 Å². The molecule has 2 aliphatic rings. The lowest BCUT2D eigenvalue weighted by Crippen LogP contribution is -2.62. The van der Waals surface area contributed by atoms with Crippen LogP contribution in [0, 0.1) is 11.8 Å². The molecule has 0 amide bonds. The Bertz CT molecular complexity index is 341. The average molecular weight is 247 g/mol. The molecule has 0 saturated carbocycles. The first-order valence-corrected chi connectivity index (χ1v) is 7.30. The molecule has 0 spiro atoms. The van der Waals surface area contributed by atoms with Crippen molar-refractivity contribution in [3.8, 4) is 0 Å². The van der Waals surface area contributed by atoms with Gasteiger partial charge in [0.2, 0.25) is 0 Å². The quantitative estimate of drug-likeness (QED) is 0.738. The Morgan fingerprint density at radius 1 is 1.00 bits per heavy atom. The van der Waals surface area contributed by atoms with Gasteiger partial charge in [0.25, 0.3) is 10.2 Å². The van der Waals surface area contributed by atoms with Gasteiger partial charge in [0, 0.05) is 32.2 Å². The monoisotopic (exact) mass is 247 g/mol. The minimum atomic E-state index is -3.24. The fourth-order valence-electron chi connectivity index (χ4n) is 2.62. The Morgan fingerprint density at radius 2 is 1.44 bits per heavy atom. The molecule has 6 heteroatoms. The summed E-state index contributed by atoms with van der Waals surface area (Å²) in [4.78, 5) is 0. The summed E-state index contributed by atoms with van der Waals surface area (Å²) in [5.41, 5.74) is 5.63. The SMILES string of the molecule is CC1CC(C)CN(S(=O)(=O)N2CC(N)C2)C1. The molecule has 0 aromatic carbocycles. The first-order chi connectivity index (χ1) is 7.39. The van der Waals surface area contributed by atoms with Gasteiger partial charge >= 0.3 is 0 Å². The lowest BCUT2D eigenvalue weighted by Gasteiger charge is -2.42. The van der Waals surface area contributed by atoms with E-state index in [-0.39, 0.29) is 6.04 Å². The Hall–Kier alpha value is -0.170. The molecule has 2 rings (SSSR count). The summed E-state index contributed by atoms with van der Waals surface area (Å²) in [6.45, 7) is 6.47. The van der Waals surface area contributed by atoms with Crippen molar-refractivity contribution in [2.75, 3.05) is 26.2 Å². The van der Waals surface area contributed by atoms with Crippen LogP contribution in [0.2, 0.25) is 0 Å². The summed E-state index contributed by atoms with van der Waals surface area (Å²) in [7, 11) is -3.24. The highest BCUT2D eigenvalue weighted by Gasteiger charge is 2.39. The zero-order valence-electron chi connectivity index (χ0n) is 9.96. The van der Waals surface area contributed by atoms with E-state index in [1.807, 2.05) is 0 Å². The fraction of sp³-hybridized carbons (Fsp3) is 1.00. The number of nitrogens with zero attached hydrogens (tertiary/aromatic N) is 2. The summed E-state index contributed by atoms with van der Waals surface area (Å²) in [5.74, 6) is 0.905. The van der Waals surface area contributed by atoms with Crippen LogP contribution in [0.1, 0.15) is 20.3 Å². The van der Waals surface area contributed by atoms with E-state index in [0.29, 0.717) is 38.0 Å². The number of piperidine rings is 1. The molecule has 5 nitrogen and oxygen atoms in total. The van der Waals surface area contributed by atoms with Gasteiger partial charge < -0.3 is 5.73 Å². The van der Waals surface area contributed by atoms with Crippen LogP contribution in [-0.2, 0) is 10.2 Å². The summed E-state index contributed by atoms with van der Waals surface area (Å²) in [6, 6.07) is 0.0226. The van der Waals surface area contributed by atoms with Gasteiger partial charge in [-0.05, 0) is 18.3 Å². The van der Waals surface area contributed by atoms with Crippen LogP contribution in [0.5, 0.6) is 0 Å².